The van der Waals surface area contributed by atoms with E-state index in [2.05, 4.69) is 26.1 Å². The summed E-state index contributed by atoms with van der Waals surface area (Å²) in [6.07, 6.45) is 5.72. The molecule has 0 aliphatic heterocycles. The van der Waals surface area contributed by atoms with Gasteiger partial charge in [0.1, 0.15) is 0 Å². The Morgan fingerprint density at radius 3 is 2.65 bits per heavy atom. The van der Waals surface area contributed by atoms with E-state index in [9.17, 15) is 4.79 Å². The zero-order chi connectivity index (χ0) is 13.1. The highest BCUT2D eigenvalue weighted by Crippen LogP contribution is 2.35. The minimum atomic E-state index is -0.363. The Bertz CT molecular complexity index is 263. The van der Waals surface area contributed by atoms with Gasteiger partial charge in [-0.2, -0.15) is 0 Å². The summed E-state index contributed by atoms with van der Waals surface area (Å²) in [5, 5.41) is 3.16. The largest absolute Gasteiger partial charge is 0.351 e. The van der Waals surface area contributed by atoms with Gasteiger partial charge in [-0.25, -0.2) is 0 Å². The van der Waals surface area contributed by atoms with Gasteiger partial charge in [-0.05, 0) is 24.2 Å². The molecule has 0 saturated heterocycles. The van der Waals surface area contributed by atoms with Gasteiger partial charge in [-0.1, -0.05) is 47.0 Å². The number of nitrogens with one attached hydrogen (secondary N) is 1. The fourth-order valence-corrected chi connectivity index (χ4v) is 2.54. The van der Waals surface area contributed by atoms with Crippen LogP contribution in [0.15, 0.2) is 0 Å². The summed E-state index contributed by atoms with van der Waals surface area (Å²) in [5.41, 5.74) is 6.18. The molecule has 0 aromatic carbocycles. The lowest BCUT2D eigenvalue weighted by atomic mass is 9.73. The lowest BCUT2D eigenvalue weighted by molar-refractivity contribution is -0.125. The van der Waals surface area contributed by atoms with Gasteiger partial charge in [-0.15, -0.1) is 0 Å². The van der Waals surface area contributed by atoms with Gasteiger partial charge in [0.25, 0.3) is 0 Å². The molecule has 1 aliphatic rings. The standard InChI is InChI=1S/C14H28N2O/c1-5-10(2)12(15)13(17)16-11-8-6-7-9-14(11,3)4/h10-12H,5-9,15H2,1-4H3,(H,16,17)/t10-,11?,12-/m0/s1. The molecule has 0 spiro atoms. The Hall–Kier alpha value is -0.570. The second-order valence-electron chi connectivity index (χ2n) is 6.21. The highest BCUT2D eigenvalue weighted by atomic mass is 16.2. The van der Waals surface area contributed by atoms with Gasteiger partial charge in [0.15, 0.2) is 0 Å². The van der Waals surface area contributed by atoms with Gasteiger partial charge in [0.05, 0.1) is 6.04 Å². The van der Waals surface area contributed by atoms with Gasteiger partial charge in [-0.3, -0.25) is 4.79 Å². The Morgan fingerprint density at radius 1 is 1.47 bits per heavy atom. The zero-order valence-electron chi connectivity index (χ0n) is 11.8. The minimum absolute atomic E-state index is 0.0272. The Kier molecular flexibility index (Phi) is 4.99. The van der Waals surface area contributed by atoms with Crippen LogP contribution in [-0.2, 0) is 4.79 Å². The highest BCUT2D eigenvalue weighted by molar-refractivity contribution is 5.82. The van der Waals surface area contributed by atoms with Gasteiger partial charge in [0, 0.05) is 6.04 Å². The third kappa shape index (κ3) is 3.70. The van der Waals surface area contributed by atoms with Crippen LogP contribution in [0.1, 0.15) is 59.8 Å². The monoisotopic (exact) mass is 240 g/mol. The van der Waals surface area contributed by atoms with Crippen molar-refractivity contribution in [2.45, 2.75) is 71.9 Å². The molecule has 1 amide bonds. The molecule has 1 aliphatic carbocycles. The van der Waals surface area contributed by atoms with E-state index in [0.717, 1.165) is 12.8 Å². The van der Waals surface area contributed by atoms with E-state index >= 15 is 0 Å². The van der Waals surface area contributed by atoms with Gasteiger partial charge >= 0.3 is 0 Å². The molecule has 3 atom stereocenters. The third-order valence-electron chi connectivity index (χ3n) is 4.38. The third-order valence-corrected chi connectivity index (χ3v) is 4.38. The fraction of sp³-hybridized carbons (Fsp3) is 0.929. The highest BCUT2D eigenvalue weighted by Gasteiger charge is 2.34. The average molecular weight is 240 g/mol. The molecule has 0 radical (unpaired) electrons. The van der Waals surface area contributed by atoms with E-state index in [4.69, 9.17) is 5.73 Å². The SMILES string of the molecule is CC[C@H](C)[C@H](N)C(=O)NC1CCCCC1(C)C. The Balaban J connectivity index is 2.55. The molecular formula is C14H28N2O. The summed E-state index contributed by atoms with van der Waals surface area (Å²) in [4.78, 5) is 12.1. The predicted octanol–water partition coefficient (Wildman–Crippen LogP) is 2.44. The van der Waals surface area contributed by atoms with Crippen LogP contribution in [0.4, 0.5) is 0 Å². The second-order valence-corrected chi connectivity index (χ2v) is 6.21. The number of rotatable bonds is 4. The van der Waals surface area contributed by atoms with E-state index in [1.165, 1.54) is 19.3 Å². The molecule has 17 heavy (non-hydrogen) atoms. The molecule has 0 bridgehead atoms. The van der Waals surface area contributed by atoms with Crippen LogP contribution in [0.25, 0.3) is 0 Å². The average Bonchev–Trinajstić information content (AvgIpc) is 2.29. The summed E-state index contributed by atoms with van der Waals surface area (Å²) in [5.74, 6) is 0.279. The molecule has 0 heterocycles. The molecule has 1 unspecified atom stereocenters. The number of nitrogens with two attached hydrogens (primary N) is 1. The molecule has 100 valence electrons. The summed E-state index contributed by atoms with van der Waals surface area (Å²) in [7, 11) is 0. The van der Waals surface area contributed by atoms with Crippen molar-refractivity contribution in [3.63, 3.8) is 0 Å². The minimum Gasteiger partial charge on any atom is -0.351 e. The van der Waals surface area contributed by atoms with Crippen molar-refractivity contribution in [1.29, 1.82) is 0 Å². The maximum absolute atomic E-state index is 12.1. The normalized spacial score (nSPS) is 27.2. The first-order valence-electron chi connectivity index (χ1n) is 6.94. The van der Waals surface area contributed by atoms with Crippen molar-refractivity contribution in [3.05, 3.63) is 0 Å². The topological polar surface area (TPSA) is 55.1 Å². The molecule has 1 fully saturated rings. The van der Waals surface area contributed by atoms with Gasteiger partial charge < -0.3 is 11.1 Å². The van der Waals surface area contributed by atoms with Crippen LogP contribution >= 0.6 is 0 Å². The van der Waals surface area contributed by atoms with Crippen molar-refractivity contribution in [1.82, 2.24) is 5.32 Å². The molecule has 1 saturated carbocycles. The lowest BCUT2D eigenvalue weighted by Gasteiger charge is -2.39. The summed E-state index contributed by atoms with van der Waals surface area (Å²) in [6.45, 7) is 8.59. The van der Waals surface area contributed by atoms with Crippen molar-refractivity contribution in [3.8, 4) is 0 Å². The van der Waals surface area contributed by atoms with Crippen molar-refractivity contribution in [2.75, 3.05) is 0 Å². The fourth-order valence-electron chi connectivity index (χ4n) is 2.54. The van der Waals surface area contributed by atoms with E-state index in [0.29, 0.717) is 6.04 Å². The maximum Gasteiger partial charge on any atom is 0.237 e. The molecule has 0 aromatic rings. The van der Waals surface area contributed by atoms with Crippen molar-refractivity contribution in [2.24, 2.45) is 17.1 Å². The van der Waals surface area contributed by atoms with E-state index < -0.39 is 0 Å². The molecule has 3 N–H and O–H groups in total. The van der Waals surface area contributed by atoms with Crippen LogP contribution in [0.3, 0.4) is 0 Å². The van der Waals surface area contributed by atoms with Gasteiger partial charge in [0.2, 0.25) is 5.91 Å². The van der Waals surface area contributed by atoms with Crippen LogP contribution in [-0.4, -0.2) is 18.0 Å². The van der Waals surface area contributed by atoms with Crippen LogP contribution in [0, 0.1) is 11.3 Å². The van der Waals surface area contributed by atoms with E-state index in [-0.39, 0.29) is 23.3 Å². The van der Waals surface area contributed by atoms with Crippen LogP contribution in [0.2, 0.25) is 0 Å². The number of carbonyl (C=O) groups is 1. The summed E-state index contributed by atoms with van der Waals surface area (Å²) in [6, 6.07) is -0.0726. The van der Waals surface area contributed by atoms with E-state index in [1.807, 2.05) is 6.92 Å². The smallest absolute Gasteiger partial charge is 0.237 e. The van der Waals surface area contributed by atoms with Crippen LogP contribution < -0.4 is 11.1 Å². The summed E-state index contributed by atoms with van der Waals surface area (Å²) < 4.78 is 0. The van der Waals surface area contributed by atoms with Crippen LogP contribution in [0.5, 0.6) is 0 Å². The number of amides is 1. The molecule has 0 aromatic heterocycles. The maximum atomic E-state index is 12.1. The first kappa shape index (κ1) is 14.5. The quantitative estimate of drug-likeness (QED) is 0.793. The second kappa shape index (κ2) is 5.85. The number of hydrogen-bond donors (Lipinski definition) is 2. The number of hydrogen-bond acceptors (Lipinski definition) is 2. The summed E-state index contributed by atoms with van der Waals surface area (Å²) >= 11 is 0. The first-order chi connectivity index (χ1) is 7.88. The Morgan fingerprint density at radius 2 is 2.12 bits per heavy atom. The molecule has 1 rings (SSSR count). The van der Waals surface area contributed by atoms with Crippen molar-refractivity contribution >= 4 is 5.91 Å². The first-order valence-corrected chi connectivity index (χ1v) is 6.94. The van der Waals surface area contributed by atoms with Crippen molar-refractivity contribution < 1.29 is 4.79 Å². The predicted molar refractivity (Wildman–Crippen MR) is 71.6 cm³/mol. The van der Waals surface area contributed by atoms with E-state index in [1.54, 1.807) is 0 Å². The lowest BCUT2D eigenvalue weighted by Crippen LogP contribution is -2.53. The molecule has 3 nitrogen and oxygen atoms in total. The number of carbonyl (C=O) groups excluding carboxylic acids is 1. The zero-order valence-corrected chi connectivity index (χ0v) is 11.8. The molecule has 3 heteroatoms. The Labute approximate surface area is 106 Å². The molecular weight excluding hydrogens is 212 g/mol.